The topological polar surface area (TPSA) is 24.5 Å². The zero-order valence-corrected chi connectivity index (χ0v) is 10.4. The summed E-state index contributed by atoms with van der Waals surface area (Å²) in [6, 6.07) is 6.80. The van der Waals surface area contributed by atoms with E-state index in [1.54, 1.807) is 0 Å². The van der Waals surface area contributed by atoms with Crippen molar-refractivity contribution in [2.75, 3.05) is 37.0 Å². The van der Waals surface area contributed by atoms with Crippen LogP contribution in [0.1, 0.15) is 18.4 Å². The van der Waals surface area contributed by atoms with E-state index in [0.717, 1.165) is 26.1 Å². The molecule has 0 bridgehead atoms. The number of aryl methyl sites for hydroxylation is 1. The monoisotopic (exact) mass is 232 g/mol. The van der Waals surface area contributed by atoms with Gasteiger partial charge in [0.15, 0.2) is 0 Å². The van der Waals surface area contributed by atoms with Gasteiger partial charge in [0.05, 0.1) is 6.10 Å². The summed E-state index contributed by atoms with van der Waals surface area (Å²) in [7, 11) is 1.81. The molecule has 0 amide bonds. The number of hydrogen-bond acceptors (Lipinski definition) is 3. The molecule has 2 aliphatic heterocycles. The van der Waals surface area contributed by atoms with Crippen LogP contribution in [0.2, 0.25) is 0 Å². The maximum Gasteiger partial charge on any atom is 0.0762 e. The number of fused-ring (bicyclic) bond motifs is 1. The summed E-state index contributed by atoms with van der Waals surface area (Å²) in [5.74, 6) is 0. The first kappa shape index (κ1) is 10.9. The van der Waals surface area contributed by atoms with Crippen molar-refractivity contribution >= 4 is 11.4 Å². The van der Waals surface area contributed by atoms with Gasteiger partial charge in [-0.15, -0.1) is 0 Å². The molecule has 0 aliphatic carbocycles. The van der Waals surface area contributed by atoms with E-state index in [0.29, 0.717) is 6.10 Å². The Morgan fingerprint density at radius 3 is 3.18 bits per heavy atom. The van der Waals surface area contributed by atoms with Gasteiger partial charge in [-0.25, -0.2) is 0 Å². The predicted molar refractivity (Wildman–Crippen MR) is 70.9 cm³/mol. The lowest BCUT2D eigenvalue weighted by atomic mass is 10.0. The minimum atomic E-state index is 0.407. The molecule has 3 nitrogen and oxygen atoms in total. The molecule has 92 valence electrons. The number of nitrogens with zero attached hydrogens (tertiary/aromatic N) is 1. The first-order valence-electron chi connectivity index (χ1n) is 6.51. The molecule has 0 aromatic heterocycles. The number of methoxy groups -OCH3 is 1. The Balaban J connectivity index is 1.79. The lowest BCUT2D eigenvalue weighted by Crippen LogP contribution is -2.22. The molecule has 1 saturated heterocycles. The molecular formula is C14H20N2O. The molecule has 17 heavy (non-hydrogen) atoms. The quantitative estimate of drug-likeness (QED) is 0.846. The third-order valence-electron chi connectivity index (χ3n) is 3.87. The molecule has 0 saturated carbocycles. The highest BCUT2D eigenvalue weighted by atomic mass is 16.5. The number of ether oxygens (including phenoxy) is 1. The van der Waals surface area contributed by atoms with Crippen LogP contribution < -0.4 is 10.2 Å². The van der Waals surface area contributed by atoms with Crippen LogP contribution in [0.15, 0.2) is 18.2 Å². The third-order valence-corrected chi connectivity index (χ3v) is 3.87. The van der Waals surface area contributed by atoms with Crippen molar-refractivity contribution in [2.45, 2.75) is 25.4 Å². The smallest absolute Gasteiger partial charge is 0.0762 e. The Kier molecular flexibility index (Phi) is 2.93. The van der Waals surface area contributed by atoms with Crippen molar-refractivity contribution in [1.29, 1.82) is 0 Å². The molecule has 1 atom stereocenters. The van der Waals surface area contributed by atoms with E-state index in [9.17, 15) is 0 Å². The first-order valence-corrected chi connectivity index (χ1v) is 6.51. The van der Waals surface area contributed by atoms with E-state index in [2.05, 4.69) is 28.4 Å². The highest BCUT2D eigenvalue weighted by Crippen LogP contribution is 2.29. The Bertz CT molecular complexity index is 405. The molecule has 0 spiro atoms. The number of hydrogen-bond donors (Lipinski definition) is 1. The van der Waals surface area contributed by atoms with E-state index in [1.807, 2.05) is 7.11 Å². The van der Waals surface area contributed by atoms with Crippen LogP contribution in [0.25, 0.3) is 0 Å². The predicted octanol–water partition coefficient (Wildman–Crippen LogP) is 2.27. The molecular weight excluding hydrogens is 212 g/mol. The van der Waals surface area contributed by atoms with Gasteiger partial charge in [0.2, 0.25) is 0 Å². The van der Waals surface area contributed by atoms with E-state index in [4.69, 9.17) is 4.74 Å². The molecule has 0 radical (unpaired) electrons. The van der Waals surface area contributed by atoms with E-state index < -0.39 is 0 Å². The molecule has 1 N–H and O–H groups in total. The maximum absolute atomic E-state index is 5.42. The summed E-state index contributed by atoms with van der Waals surface area (Å²) in [4.78, 5) is 2.43. The lowest BCUT2D eigenvalue weighted by Gasteiger charge is -2.23. The Morgan fingerprint density at radius 2 is 2.35 bits per heavy atom. The van der Waals surface area contributed by atoms with Crippen LogP contribution in [0.5, 0.6) is 0 Å². The van der Waals surface area contributed by atoms with Crippen molar-refractivity contribution in [3.05, 3.63) is 23.8 Å². The SMILES string of the molecule is COC1CCN(c2ccc3c(c2)CCCN3)C1. The molecule has 2 heterocycles. The van der Waals surface area contributed by atoms with Crippen LogP contribution in [-0.2, 0) is 11.2 Å². The van der Waals surface area contributed by atoms with Crippen LogP contribution in [0.4, 0.5) is 11.4 Å². The average Bonchev–Trinajstić information content (AvgIpc) is 2.87. The van der Waals surface area contributed by atoms with Gasteiger partial charge in [-0.05, 0) is 43.0 Å². The van der Waals surface area contributed by atoms with E-state index in [1.165, 1.54) is 29.8 Å². The largest absolute Gasteiger partial charge is 0.385 e. The summed E-state index contributed by atoms with van der Waals surface area (Å²) in [6.45, 7) is 3.26. The number of nitrogens with one attached hydrogen (secondary N) is 1. The summed E-state index contributed by atoms with van der Waals surface area (Å²) in [6.07, 6.45) is 4.00. The fourth-order valence-electron chi connectivity index (χ4n) is 2.81. The minimum absolute atomic E-state index is 0.407. The zero-order chi connectivity index (χ0) is 11.7. The second-order valence-electron chi connectivity index (χ2n) is 4.96. The van der Waals surface area contributed by atoms with Crippen molar-refractivity contribution in [2.24, 2.45) is 0 Å². The molecule has 2 aliphatic rings. The van der Waals surface area contributed by atoms with Gasteiger partial charge in [0.1, 0.15) is 0 Å². The summed E-state index contributed by atoms with van der Waals surface area (Å²) in [5, 5.41) is 3.46. The molecule has 1 unspecified atom stereocenters. The fraction of sp³-hybridized carbons (Fsp3) is 0.571. The summed E-state index contributed by atoms with van der Waals surface area (Å²) in [5.41, 5.74) is 4.14. The van der Waals surface area contributed by atoms with Gasteiger partial charge in [-0.2, -0.15) is 0 Å². The van der Waals surface area contributed by atoms with Gasteiger partial charge in [0.25, 0.3) is 0 Å². The summed E-state index contributed by atoms with van der Waals surface area (Å²) < 4.78 is 5.42. The Morgan fingerprint density at radius 1 is 1.41 bits per heavy atom. The third kappa shape index (κ3) is 2.12. The highest BCUT2D eigenvalue weighted by molar-refractivity contribution is 5.62. The molecule has 1 aromatic carbocycles. The molecule has 1 fully saturated rings. The van der Waals surface area contributed by atoms with Gasteiger partial charge in [-0.3, -0.25) is 0 Å². The number of anilines is 2. The highest BCUT2D eigenvalue weighted by Gasteiger charge is 2.22. The minimum Gasteiger partial charge on any atom is -0.385 e. The molecule has 1 aromatic rings. The van der Waals surface area contributed by atoms with Gasteiger partial charge < -0.3 is 15.0 Å². The number of benzene rings is 1. The van der Waals surface area contributed by atoms with Crippen LogP contribution in [0.3, 0.4) is 0 Å². The van der Waals surface area contributed by atoms with Gasteiger partial charge in [-0.1, -0.05) is 0 Å². The number of rotatable bonds is 2. The van der Waals surface area contributed by atoms with Crippen molar-refractivity contribution < 1.29 is 4.74 Å². The molecule has 3 rings (SSSR count). The van der Waals surface area contributed by atoms with Crippen molar-refractivity contribution in [3.63, 3.8) is 0 Å². The molecule has 3 heteroatoms. The summed E-state index contributed by atoms with van der Waals surface area (Å²) >= 11 is 0. The maximum atomic E-state index is 5.42. The van der Waals surface area contributed by atoms with Crippen LogP contribution in [-0.4, -0.2) is 32.8 Å². The first-order chi connectivity index (χ1) is 8.36. The van der Waals surface area contributed by atoms with E-state index in [-0.39, 0.29) is 0 Å². The Hall–Kier alpha value is -1.22. The lowest BCUT2D eigenvalue weighted by molar-refractivity contribution is 0.121. The van der Waals surface area contributed by atoms with Crippen LogP contribution >= 0.6 is 0 Å². The fourth-order valence-corrected chi connectivity index (χ4v) is 2.81. The second kappa shape index (κ2) is 4.57. The van der Waals surface area contributed by atoms with Crippen molar-refractivity contribution in [1.82, 2.24) is 0 Å². The van der Waals surface area contributed by atoms with Gasteiger partial charge >= 0.3 is 0 Å². The normalized spacial score (nSPS) is 23.4. The second-order valence-corrected chi connectivity index (χ2v) is 4.96. The van der Waals surface area contributed by atoms with Gasteiger partial charge in [0, 0.05) is 38.1 Å². The van der Waals surface area contributed by atoms with Crippen LogP contribution in [0, 0.1) is 0 Å². The van der Waals surface area contributed by atoms with E-state index >= 15 is 0 Å². The standard InChI is InChI=1S/C14H20N2O/c1-17-13-6-8-16(10-13)12-4-5-14-11(9-12)3-2-7-15-14/h4-5,9,13,15H,2-3,6-8,10H2,1H3. The Labute approximate surface area is 103 Å². The average molecular weight is 232 g/mol. The van der Waals surface area contributed by atoms with Crippen molar-refractivity contribution in [3.8, 4) is 0 Å². The zero-order valence-electron chi connectivity index (χ0n) is 10.4.